The van der Waals surface area contributed by atoms with Gasteiger partial charge in [-0.15, -0.1) is 0 Å². The molecule has 2 rings (SSSR count). The number of methoxy groups -OCH3 is 1. The molecule has 0 aromatic heterocycles. The monoisotopic (exact) mass is 176 g/mol. The Morgan fingerprint density at radius 2 is 2.38 bits per heavy atom. The highest BCUT2D eigenvalue weighted by Crippen LogP contribution is 2.51. The van der Waals surface area contributed by atoms with Gasteiger partial charge in [-0.25, -0.2) is 0 Å². The van der Waals surface area contributed by atoms with E-state index in [4.69, 9.17) is 9.47 Å². The average Bonchev–Trinajstić information content (AvgIpc) is 2.91. The van der Waals surface area contributed by atoms with Crippen molar-refractivity contribution in [3.63, 3.8) is 0 Å². The molecule has 0 spiro atoms. The molecule has 0 amide bonds. The second kappa shape index (κ2) is 3.28. The molecule has 13 heavy (non-hydrogen) atoms. The third kappa shape index (κ3) is 1.67. The molecule has 0 aliphatic carbocycles. The number of benzene rings is 1. The first-order valence-corrected chi connectivity index (χ1v) is 3.86. The topological polar surface area (TPSA) is 31.0 Å². The Bertz CT molecular complexity index is 373. The van der Waals surface area contributed by atoms with Crippen molar-refractivity contribution >= 4 is 0 Å². The molecule has 0 saturated carbocycles. The first kappa shape index (κ1) is 7.81. The van der Waals surface area contributed by atoms with Crippen LogP contribution in [0.25, 0.3) is 0 Å². The third-order valence-corrected chi connectivity index (χ3v) is 1.59. The smallest absolute Gasteiger partial charge is 0.211 e. The first-order valence-electron chi connectivity index (χ1n) is 3.86. The Labute approximate surface area is 76.2 Å². The lowest BCUT2D eigenvalue weighted by atomic mass is 10.3. The molecule has 0 bridgehead atoms. The Morgan fingerprint density at radius 3 is 3.23 bits per heavy atom. The fourth-order valence-electron chi connectivity index (χ4n) is 0.994. The van der Waals surface area contributed by atoms with Gasteiger partial charge in [0.2, 0.25) is 5.75 Å². The van der Waals surface area contributed by atoms with Crippen molar-refractivity contribution in [2.45, 2.75) is 0 Å². The van der Waals surface area contributed by atoms with Crippen LogP contribution in [0.15, 0.2) is 18.2 Å². The summed E-state index contributed by atoms with van der Waals surface area (Å²) in [7, 11) is 1.51. The van der Waals surface area contributed by atoms with Crippen molar-refractivity contribution in [1.29, 1.82) is 0 Å². The van der Waals surface area contributed by atoms with Crippen molar-refractivity contribution in [3.8, 4) is 29.3 Å². The SMILES string of the molecule is COC#CCOc1cccc2c1O2. The van der Waals surface area contributed by atoms with Crippen LogP contribution in [-0.4, -0.2) is 13.7 Å². The summed E-state index contributed by atoms with van der Waals surface area (Å²) >= 11 is 0. The summed E-state index contributed by atoms with van der Waals surface area (Å²) in [5.74, 6) is 5.13. The molecule has 1 aliphatic rings. The van der Waals surface area contributed by atoms with Gasteiger partial charge in [-0.1, -0.05) is 6.07 Å². The normalized spacial score (nSPS) is 10.2. The molecule has 66 valence electrons. The van der Waals surface area contributed by atoms with Gasteiger partial charge in [0, 0.05) is 0 Å². The second-order valence-corrected chi connectivity index (χ2v) is 2.46. The fraction of sp³-hybridized carbons (Fsp3) is 0.200. The second-order valence-electron chi connectivity index (χ2n) is 2.46. The molecular weight excluding hydrogens is 168 g/mol. The van der Waals surface area contributed by atoms with Crippen molar-refractivity contribution in [2.75, 3.05) is 13.7 Å². The molecule has 3 heteroatoms. The van der Waals surface area contributed by atoms with E-state index in [-0.39, 0.29) is 0 Å². The predicted octanol–water partition coefficient (Wildman–Crippen LogP) is 1.78. The maximum Gasteiger partial charge on any atom is 0.211 e. The summed E-state index contributed by atoms with van der Waals surface area (Å²) in [5.41, 5.74) is 0. The number of hydrogen-bond acceptors (Lipinski definition) is 3. The highest BCUT2D eigenvalue weighted by atomic mass is 16.6. The molecule has 0 radical (unpaired) electrons. The van der Waals surface area contributed by atoms with E-state index in [1.54, 1.807) is 0 Å². The van der Waals surface area contributed by atoms with Crippen LogP contribution >= 0.6 is 0 Å². The lowest BCUT2D eigenvalue weighted by molar-refractivity contribution is 0.352. The molecule has 1 aliphatic heterocycles. The number of fused-ring (bicyclic) bond motifs is 1. The zero-order valence-corrected chi connectivity index (χ0v) is 7.16. The maximum atomic E-state index is 5.31. The molecule has 0 unspecified atom stereocenters. The van der Waals surface area contributed by atoms with Crippen LogP contribution in [0, 0.1) is 12.0 Å². The summed E-state index contributed by atoms with van der Waals surface area (Å²) < 4.78 is 15.0. The van der Waals surface area contributed by atoms with Crippen LogP contribution in [0.4, 0.5) is 0 Å². The number of hydrogen-bond donors (Lipinski definition) is 0. The molecule has 0 atom stereocenters. The van der Waals surface area contributed by atoms with E-state index in [1.807, 2.05) is 18.2 Å². The Kier molecular flexibility index (Phi) is 1.97. The van der Waals surface area contributed by atoms with Crippen LogP contribution < -0.4 is 9.47 Å². The van der Waals surface area contributed by atoms with Crippen molar-refractivity contribution in [3.05, 3.63) is 18.2 Å². The van der Waals surface area contributed by atoms with Crippen LogP contribution in [-0.2, 0) is 4.74 Å². The summed E-state index contributed by atoms with van der Waals surface area (Å²) in [6.07, 6.45) is 2.44. The van der Waals surface area contributed by atoms with Gasteiger partial charge in [0.15, 0.2) is 18.1 Å². The number of para-hydroxylation sites is 1. The molecule has 3 nitrogen and oxygen atoms in total. The molecule has 0 saturated heterocycles. The van der Waals surface area contributed by atoms with E-state index < -0.39 is 0 Å². The van der Waals surface area contributed by atoms with Gasteiger partial charge in [-0.05, 0) is 18.1 Å². The summed E-state index contributed by atoms with van der Waals surface area (Å²) in [6, 6.07) is 5.62. The van der Waals surface area contributed by atoms with Gasteiger partial charge in [0.1, 0.15) is 6.11 Å². The lowest BCUT2D eigenvalue weighted by Gasteiger charge is -1.96. The summed E-state index contributed by atoms with van der Waals surface area (Å²) in [6.45, 7) is 0.313. The minimum atomic E-state index is 0.313. The molecule has 1 aromatic rings. The van der Waals surface area contributed by atoms with Crippen LogP contribution in [0.2, 0.25) is 0 Å². The quantitative estimate of drug-likeness (QED) is 0.516. The average molecular weight is 176 g/mol. The van der Waals surface area contributed by atoms with Crippen molar-refractivity contribution in [2.24, 2.45) is 0 Å². The molecule has 0 N–H and O–H groups in total. The van der Waals surface area contributed by atoms with E-state index in [2.05, 4.69) is 16.8 Å². The standard InChI is InChI=1S/C10H8O3/c1-11-6-3-7-12-8-4-2-5-9-10(8)13-9/h2,4-5H,7H2,1H3. The Balaban J connectivity index is 1.93. The largest absolute Gasteiger partial charge is 0.477 e. The van der Waals surface area contributed by atoms with Crippen LogP contribution in [0.1, 0.15) is 0 Å². The van der Waals surface area contributed by atoms with E-state index >= 15 is 0 Å². The predicted molar refractivity (Wildman–Crippen MR) is 46.8 cm³/mol. The third-order valence-electron chi connectivity index (χ3n) is 1.59. The summed E-state index contributed by atoms with van der Waals surface area (Å²) in [4.78, 5) is 0. The summed E-state index contributed by atoms with van der Waals surface area (Å²) in [5, 5.41) is 0. The minimum Gasteiger partial charge on any atom is -0.477 e. The Hall–Kier alpha value is -1.82. The zero-order valence-electron chi connectivity index (χ0n) is 7.16. The van der Waals surface area contributed by atoms with E-state index in [9.17, 15) is 0 Å². The van der Waals surface area contributed by atoms with Gasteiger partial charge >= 0.3 is 0 Å². The molecule has 1 aromatic carbocycles. The van der Waals surface area contributed by atoms with Gasteiger partial charge in [-0.2, -0.15) is 0 Å². The Morgan fingerprint density at radius 1 is 1.46 bits per heavy atom. The van der Waals surface area contributed by atoms with Crippen molar-refractivity contribution in [1.82, 2.24) is 0 Å². The van der Waals surface area contributed by atoms with E-state index in [0.717, 1.165) is 17.2 Å². The van der Waals surface area contributed by atoms with Gasteiger partial charge in [0.05, 0.1) is 7.11 Å². The zero-order chi connectivity index (χ0) is 9.10. The molecule has 1 heterocycles. The molecular formula is C10H8O3. The maximum absolute atomic E-state index is 5.31. The number of ether oxygens (including phenoxy) is 3. The van der Waals surface area contributed by atoms with E-state index in [1.165, 1.54) is 7.11 Å². The fourth-order valence-corrected chi connectivity index (χ4v) is 0.994. The minimum absolute atomic E-state index is 0.313. The highest BCUT2D eigenvalue weighted by Gasteiger charge is 2.24. The van der Waals surface area contributed by atoms with Crippen molar-refractivity contribution < 1.29 is 14.2 Å². The van der Waals surface area contributed by atoms with Gasteiger partial charge in [-0.3, -0.25) is 0 Å². The van der Waals surface area contributed by atoms with Crippen LogP contribution in [0.3, 0.4) is 0 Å². The highest BCUT2D eigenvalue weighted by molar-refractivity contribution is 5.62. The molecule has 0 fully saturated rings. The number of rotatable bonds is 2. The van der Waals surface area contributed by atoms with Crippen LogP contribution in [0.5, 0.6) is 17.2 Å². The van der Waals surface area contributed by atoms with Gasteiger partial charge in [0.25, 0.3) is 0 Å². The van der Waals surface area contributed by atoms with E-state index in [0.29, 0.717) is 6.61 Å². The van der Waals surface area contributed by atoms with Gasteiger partial charge < -0.3 is 14.2 Å². The lowest BCUT2D eigenvalue weighted by Crippen LogP contribution is -1.92. The first-order chi connectivity index (χ1) is 6.42.